The zero-order valence-electron chi connectivity index (χ0n) is 13.7. The molecule has 0 unspecified atom stereocenters. The summed E-state index contributed by atoms with van der Waals surface area (Å²) in [5.74, 6) is 0.818. The van der Waals surface area contributed by atoms with Gasteiger partial charge in [0.1, 0.15) is 11.5 Å². The molecule has 6 rings (SSSR count). The topological polar surface area (TPSA) is 40.5 Å². The van der Waals surface area contributed by atoms with Crippen LogP contribution < -0.4 is 0 Å². The lowest BCUT2D eigenvalue weighted by molar-refractivity contribution is 0.463. The smallest absolute Gasteiger partial charge is 0.126 e. The molecule has 120 valence electrons. The molecule has 0 heterocycles. The number of phenolic OH excluding ortho intramolecular Hbond substituents is 2. The van der Waals surface area contributed by atoms with Gasteiger partial charge in [-0.25, -0.2) is 0 Å². The summed E-state index contributed by atoms with van der Waals surface area (Å²) in [6.45, 7) is 2.15. The number of hydrogen-bond donors (Lipinski definition) is 2. The van der Waals surface area contributed by atoms with Crippen molar-refractivity contribution in [1.82, 2.24) is 0 Å². The van der Waals surface area contributed by atoms with Crippen molar-refractivity contribution < 1.29 is 10.2 Å². The zero-order chi connectivity index (χ0) is 16.2. The fourth-order valence-corrected chi connectivity index (χ4v) is 3.19. The third-order valence-electron chi connectivity index (χ3n) is 4.63. The van der Waals surface area contributed by atoms with Crippen molar-refractivity contribution in [3.05, 3.63) is 64.2 Å². The molecule has 0 saturated heterocycles. The summed E-state index contributed by atoms with van der Waals surface area (Å²) in [6, 6.07) is 10.2. The van der Waals surface area contributed by atoms with Gasteiger partial charge < -0.3 is 10.2 Å². The molecule has 2 heteroatoms. The number of aryl methyl sites for hydroxylation is 4. The third-order valence-corrected chi connectivity index (χ3v) is 4.63. The molecule has 4 aliphatic rings. The number of unbranched alkanes of at least 4 members (excludes halogenated alkanes) is 1. The molecule has 0 aliphatic heterocycles. The van der Waals surface area contributed by atoms with Crippen molar-refractivity contribution in [1.29, 1.82) is 0 Å². The van der Waals surface area contributed by atoms with Gasteiger partial charge in [0.25, 0.3) is 0 Å². The molecule has 2 nitrogen and oxygen atoms in total. The summed E-state index contributed by atoms with van der Waals surface area (Å²) in [4.78, 5) is 0. The maximum absolute atomic E-state index is 10.7. The predicted molar refractivity (Wildman–Crippen MR) is 95.0 cm³/mol. The average Bonchev–Trinajstić information content (AvgIpc) is 2.53. The van der Waals surface area contributed by atoms with Gasteiger partial charge in [0, 0.05) is 5.56 Å². The highest BCUT2D eigenvalue weighted by molar-refractivity contribution is 5.63. The number of aromatic hydroxyl groups is 2. The quantitative estimate of drug-likeness (QED) is 0.855. The van der Waals surface area contributed by atoms with Crippen LogP contribution in [0, 0.1) is 0 Å². The molecule has 2 N–H and O–H groups in total. The highest BCUT2D eigenvalue weighted by Gasteiger charge is 2.14. The van der Waals surface area contributed by atoms with E-state index in [1.54, 1.807) is 0 Å². The van der Waals surface area contributed by atoms with Crippen LogP contribution in [0.3, 0.4) is 0 Å². The second-order valence-corrected chi connectivity index (χ2v) is 6.30. The Morgan fingerprint density at radius 2 is 1.61 bits per heavy atom. The van der Waals surface area contributed by atoms with Crippen LogP contribution in [0.2, 0.25) is 0 Å². The maximum Gasteiger partial charge on any atom is 0.126 e. The molecule has 0 amide bonds. The summed E-state index contributed by atoms with van der Waals surface area (Å²) in [5.41, 5.74) is 5.15. The standard InChI is InChI=1S/C21H24O2/c1-2-3-4-5-19-16-10-12-17-8-6-15(14-20(17)22)7-9-18(13-11-16)21(19)23/h4-6,8,11,13-14,22-23H,2-3,7,9-10,12H2,1H3/b5-4+. The monoisotopic (exact) mass is 308 g/mol. The Hall–Kier alpha value is -2.22. The van der Waals surface area contributed by atoms with Crippen molar-refractivity contribution in [3.63, 3.8) is 0 Å². The lowest BCUT2D eigenvalue weighted by Crippen LogP contribution is -2.01. The van der Waals surface area contributed by atoms with Gasteiger partial charge in [-0.3, -0.25) is 0 Å². The van der Waals surface area contributed by atoms with E-state index in [1.165, 1.54) is 0 Å². The molecule has 0 radical (unpaired) electrons. The van der Waals surface area contributed by atoms with Crippen LogP contribution in [0.25, 0.3) is 6.08 Å². The van der Waals surface area contributed by atoms with Gasteiger partial charge in [-0.15, -0.1) is 0 Å². The normalized spacial score (nSPS) is 14.1. The van der Waals surface area contributed by atoms with Gasteiger partial charge in [-0.05, 0) is 60.4 Å². The number of hydrogen-bond acceptors (Lipinski definition) is 2. The van der Waals surface area contributed by atoms with E-state index >= 15 is 0 Å². The number of phenols is 2. The van der Waals surface area contributed by atoms with Crippen molar-refractivity contribution in [3.8, 4) is 11.5 Å². The minimum atomic E-state index is 0.393. The zero-order valence-corrected chi connectivity index (χ0v) is 13.7. The molecule has 0 aromatic heterocycles. The molecule has 4 aliphatic carbocycles. The van der Waals surface area contributed by atoms with Crippen molar-refractivity contribution in [2.75, 3.05) is 0 Å². The van der Waals surface area contributed by atoms with Crippen LogP contribution in [0.5, 0.6) is 11.5 Å². The Bertz CT molecular complexity index is 729. The molecule has 0 fully saturated rings. The summed E-state index contributed by atoms with van der Waals surface area (Å²) in [5, 5.41) is 20.9. The lowest BCUT2D eigenvalue weighted by atomic mass is 9.91. The van der Waals surface area contributed by atoms with Crippen molar-refractivity contribution >= 4 is 6.08 Å². The molecule has 4 bridgehead atoms. The van der Waals surface area contributed by atoms with E-state index in [0.717, 1.165) is 66.3 Å². The summed E-state index contributed by atoms with van der Waals surface area (Å²) in [6.07, 6.45) is 9.51. The number of benzene rings is 2. The molecular weight excluding hydrogens is 284 g/mol. The van der Waals surface area contributed by atoms with Gasteiger partial charge in [-0.1, -0.05) is 49.8 Å². The second kappa shape index (κ2) is 6.91. The second-order valence-electron chi connectivity index (χ2n) is 6.30. The van der Waals surface area contributed by atoms with Crippen LogP contribution >= 0.6 is 0 Å². The predicted octanol–water partition coefficient (Wildman–Crippen LogP) is 4.79. The summed E-state index contributed by atoms with van der Waals surface area (Å²) < 4.78 is 0. The Balaban J connectivity index is 2.02. The number of allylic oxidation sites excluding steroid dienone is 1. The van der Waals surface area contributed by atoms with Crippen LogP contribution in [-0.2, 0) is 25.7 Å². The molecule has 0 saturated carbocycles. The molecule has 23 heavy (non-hydrogen) atoms. The first kappa shape index (κ1) is 15.7. The number of rotatable bonds is 3. The summed E-state index contributed by atoms with van der Waals surface area (Å²) in [7, 11) is 0. The van der Waals surface area contributed by atoms with Gasteiger partial charge in [0.15, 0.2) is 0 Å². The highest BCUT2D eigenvalue weighted by Crippen LogP contribution is 2.32. The van der Waals surface area contributed by atoms with Gasteiger partial charge in [0.2, 0.25) is 0 Å². The lowest BCUT2D eigenvalue weighted by Gasteiger charge is -2.16. The van der Waals surface area contributed by atoms with E-state index < -0.39 is 0 Å². The van der Waals surface area contributed by atoms with E-state index in [-0.39, 0.29) is 0 Å². The average molecular weight is 308 g/mol. The van der Waals surface area contributed by atoms with E-state index in [1.807, 2.05) is 12.1 Å². The molecule has 0 atom stereocenters. The molecule has 2 aromatic rings. The first-order valence-electron chi connectivity index (χ1n) is 8.50. The molecule has 0 spiro atoms. The fraction of sp³-hybridized carbons (Fsp3) is 0.333. The Kier molecular flexibility index (Phi) is 4.71. The Labute approximate surface area is 138 Å². The van der Waals surface area contributed by atoms with Crippen molar-refractivity contribution in [2.24, 2.45) is 0 Å². The first-order chi connectivity index (χ1) is 11.2. The van der Waals surface area contributed by atoms with Crippen LogP contribution in [0.1, 0.15) is 47.6 Å². The Morgan fingerprint density at radius 3 is 2.39 bits per heavy atom. The Morgan fingerprint density at radius 1 is 0.913 bits per heavy atom. The fourth-order valence-electron chi connectivity index (χ4n) is 3.19. The van der Waals surface area contributed by atoms with Crippen molar-refractivity contribution in [2.45, 2.75) is 45.4 Å². The van der Waals surface area contributed by atoms with E-state index in [0.29, 0.717) is 11.5 Å². The summed E-state index contributed by atoms with van der Waals surface area (Å²) >= 11 is 0. The maximum atomic E-state index is 10.7. The minimum absolute atomic E-state index is 0.393. The molecular formula is C21H24O2. The largest absolute Gasteiger partial charge is 0.508 e. The van der Waals surface area contributed by atoms with E-state index in [9.17, 15) is 10.2 Å². The SMILES string of the molecule is CCC/C=C/c1c2ccc(c1O)CCc1ccc(c(O)c1)CC2. The minimum Gasteiger partial charge on any atom is -0.508 e. The van der Waals surface area contributed by atoms with Crippen LogP contribution in [0.4, 0.5) is 0 Å². The highest BCUT2D eigenvalue weighted by atomic mass is 16.3. The van der Waals surface area contributed by atoms with Gasteiger partial charge in [-0.2, -0.15) is 0 Å². The van der Waals surface area contributed by atoms with Gasteiger partial charge in [0.05, 0.1) is 0 Å². The third kappa shape index (κ3) is 3.42. The van der Waals surface area contributed by atoms with E-state index in [2.05, 4.69) is 37.3 Å². The van der Waals surface area contributed by atoms with Crippen LogP contribution in [0.15, 0.2) is 36.4 Å². The molecule has 2 aromatic carbocycles. The van der Waals surface area contributed by atoms with Crippen LogP contribution in [-0.4, -0.2) is 10.2 Å². The van der Waals surface area contributed by atoms with Gasteiger partial charge >= 0.3 is 0 Å². The van der Waals surface area contributed by atoms with E-state index in [4.69, 9.17) is 0 Å². The first-order valence-corrected chi connectivity index (χ1v) is 8.50.